The van der Waals surface area contributed by atoms with Crippen LogP contribution in [0.5, 0.6) is 0 Å². The van der Waals surface area contributed by atoms with Crippen LogP contribution in [-0.2, 0) is 4.79 Å². The third kappa shape index (κ3) is 3.69. The van der Waals surface area contributed by atoms with Crippen LogP contribution in [0.2, 0.25) is 0 Å². The number of nitrogens with zero attached hydrogens (tertiary/aromatic N) is 1. The fourth-order valence-electron chi connectivity index (χ4n) is 2.35. The predicted molar refractivity (Wildman–Crippen MR) is 74.6 cm³/mol. The summed E-state index contributed by atoms with van der Waals surface area (Å²) >= 11 is 0. The van der Waals surface area contributed by atoms with Crippen LogP contribution in [0.15, 0.2) is 24.3 Å². The number of benzene rings is 1. The molecule has 2 rings (SSSR count). The smallest absolute Gasteiger partial charge is 0.222 e. The molecule has 0 aliphatic carbocycles. The summed E-state index contributed by atoms with van der Waals surface area (Å²) in [6.45, 7) is 5.55. The fraction of sp³-hybridized carbons (Fsp3) is 0.533. The molecule has 0 aromatic heterocycles. The SMILES string of the molecule is CC(C)C(=O)NC1CCCN(c2ccc(F)cc2)C1. The molecule has 19 heavy (non-hydrogen) atoms. The summed E-state index contributed by atoms with van der Waals surface area (Å²) in [7, 11) is 0. The van der Waals surface area contributed by atoms with Crippen molar-refractivity contribution in [1.29, 1.82) is 0 Å². The minimum absolute atomic E-state index is 0.0150. The molecule has 1 aliphatic heterocycles. The van der Waals surface area contributed by atoms with Gasteiger partial charge in [-0.05, 0) is 37.1 Å². The quantitative estimate of drug-likeness (QED) is 0.910. The molecular weight excluding hydrogens is 243 g/mol. The monoisotopic (exact) mass is 264 g/mol. The molecule has 0 spiro atoms. The largest absolute Gasteiger partial charge is 0.369 e. The van der Waals surface area contributed by atoms with Gasteiger partial charge >= 0.3 is 0 Å². The maximum absolute atomic E-state index is 12.9. The number of hydrogen-bond donors (Lipinski definition) is 1. The van der Waals surface area contributed by atoms with Crippen LogP contribution in [0, 0.1) is 11.7 Å². The van der Waals surface area contributed by atoms with Crippen molar-refractivity contribution in [2.24, 2.45) is 5.92 Å². The maximum atomic E-state index is 12.9. The zero-order valence-corrected chi connectivity index (χ0v) is 11.5. The Hall–Kier alpha value is -1.58. The van der Waals surface area contributed by atoms with Gasteiger partial charge < -0.3 is 10.2 Å². The molecule has 1 aromatic rings. The molecule has 1 aromatic carbocycles. The molecular formula is C15H21FN2O. The maximum Gasteiger partial charge on any atom is 0.222 e. The van der Waals surface area contributed by atoms with E-state index in [-0.39, 0.29) is 23.7 Å². The lowest BCUT2D eigenvalue weighted by atomic mass is 10.0. The van der Waals surface area contributed by atoms with Gasteiger partial charge in [0.1, 0.15) is 5.82 Å². The normalized spacial score (nSPS) is 19.6. The summed E-state index contributed by atoms with van der Waals surface area (Å²) in [5, 5.41) is 3.07. The van der Waals surface area contributed by atoms with Gasteiger partial charge in [0, 0.05) is 30.7 Å². The highest BCUT2D eigenvalue weighted by Crippen LogP contribution is 2.20. The van der Waals surface area contributed by atoms with Crippen LogP contribution in [0.1, 0.15) is 26.7 Å². The molecule has 1 heterocycles. The zero-order valence-electron chi connectivity index (χ0n) is 11.5. The molecule has 1 atom stereocenters. The van der Waals surface area contributed by atoms with Crippen molar-refractivity contribution in [3.8, 4) is 0 Å². The molecule has 104 valence electrons. The Morgan fingerprint density at radius 3 is 2.68 bits per heavy atom. The first-order valence-electron chi connectivity index (χ1n) is 6.87. The Kier molecular flexibility index (Phi) is 4.40. The van der Waals surface area contributed by atoms with Crippen LogP contribution in [0.3, 0.4) is 0 Å². The van der Waals surface area contributed by atoms with Crippen molar-refractivity contribution in [3.05, 3.63) is 30.1 Å². The molecule has 3 nitrogen and oxygen atoms in total. The van der Waals surface area contributed by atoms with E-state index in [1.165, 1.54) is 12.1 Å². The Morgan fingerprint density at radius 1 is 1.37 bits per heavy atom. The molecule has 1 N–H and O–H groups in total. The number of carbonyl (C=O) groups excluding carboxylic acids is 1. The topological polar surface area (TPSA) is 32.3 Å². The second-order valence-electron chi connectivity index (χ2n) is 5.42. The van der Waals surface area contributed by atoms with Gasteiger partial charge in [0.2, 0.25) is 5.91 Å². The van der Waals surface area contributed by atoms with Gasteiger partial charge in [0.15, 0.2) is 0 Å². The number of carbonyl (C=O) groups is 1. The molecule has 1 unspecified atom stereocenters. The first kappa shape index (κ1) is 13.8. The van der Waals surface area contributed by atoms with Crippen molar-refractivity contribution in [2.75, 3.05) is 18.0 Å². The second kappa shape index (κ2) is 6.04. The molecule has 0 bridgehead atoms. The Bertz CT molecular complexity index is 430. The Balaban J connectivity index is 1.97. The van der Waals surface area contributed by atoms with E-state index in [9.17, 15) is 9.18 Å². The third-order valence-electron chi connectivity index (χ3n) is 3.48. The summed E-state index contributed by atoms with van der Waals surface area (Å²) in [5.41, 5.74) is 1.02. The number of amides is 1. The van der Waals surface area contributed by atoms with E-state index < -0.39 is 0 Å². The van der Waals surface area contributed by atoms with Crippen molar-refractivity contribution >= 4 is 11.6 Å². The van der Waals surface area contributed by atoms with Crippen molar-refractivity contribution < 1.29 is 9.18 Å². The lowest BCUT2D eigenvalue weighted by Crippen LogP contribution is -2.48. The van der Waals surface area contributed by atoms with Crippen LogP contribution < -0.4 is 10.2 Å². The average Bonchev–Trinajstić information content (AvgIpc) is 2.39. The van der Waals surface area contributed by atoms with Crippen molar-refractivity contribution in [3.63, 3.8) is 0 Å². The van der Waals surface area contributed by atoms with Crippen LogP contribution in [-0.4, -0.2) is 25.0 Å². The highest BCUT2D eigenvalue weighted by molar-refractivity contribution is 5.78. The molecule has 1 amide bonds. The van der Waals surface area contributed by atoms with Crippen molar-refractivity contribution in [2.45, 2.75) is 32.7 Å². The zero-order chi connectivity index (χ0) is 13.8. The third-order valence-corrected chi connectivity index (χ3v) is 3.48. The molecule has 0 saturated carbocycles. The lowest BCUT2D eigenvalue weighted by Gasteiger charge is -2.35. The standard InChI is InChI=1S/C15H21FN2O/c1-11(2)15(19)17-13-4-3-9-18(10-13)14-7-5-12(16)6-8-14/h5-8,11,13H,3-4,9-10H2,1-2H3,(H,17,19). The molecule has 4 heteroatoms. The second-order valence-corrected chi connectivity index (χ2v) is 5.42. The first-order chi connectivity index (χ1) is 9.06. The first-order valence-corrected chi connectivity index (χ1v) is 6.87. The number of halogens is 1. The molecule has 1 fully saturated rings. The van der Waals surface area contributed by atoms with Gasteiger partial charge in [0.25, 0.3) is 0 Å². The number of anilines is 1. The van der Waals surface area contributed by atoms with Gasteiger partial charge in [0.05, 0.1) is 0 Å². The van der Waals surface area contributed by atoms with E-state index >= 15 is 0 Å². The predicted octanol–water partition coefficient (Wildman–Crippen LogP) is 2.57. The van der Waals surface area contributed by atoms with E-state index in [0.29, 0.717) is 0 Å². The van der Waals surface area contributed by atoms with E-state index in [2.05, 4.69) is 10.2 Å². The number of nitrogens with one attached hydrogen (secondary N) is 1. The van der Waals surface area contributed by atoms with Gasteiger partial charge in [-0.25, -0.2) is 4.39 Å². The summed E-state index contributed by atoms with van der Waals surface area (Å²) < 4.78 is 12.9. The molecule has 1 saturated heterocycles. The van der Waals surface area contributed by atoms with E-state index in [0.717, 1.165) is 31.6 Å². The summed E-state index contributed by atoms with van der Waals surface area (Å²) in [6, 6.07) is 6.73. The number of piperidine rings is 1. The van der Waals surface area contributed by atoms with Gasteiger partial charge in [-0.1, -0.05) is 13.8 Å². The lowest BCUT2D eigenvalue weighted by molar-refractivity contribution is -0.124. The molecule has 1 aliphatic rings. The van der Waals surface area contributed by atoms with Gasteiger partial charge in [-0.15, -0.1) is 0 Å². The summed E-state index contributed by atoms with van der Waals surface area (Å²) in [4.78, 5) is 13.9. The van der Waals surface area contributed by atoms with Crippen molar-refractivity contribution in [1.82, 2.24) is 5.32 Å². The van der Waals surface area contributed by atoms with E-state index in [1.54, 1.807) is 12.1 Å². The van der Waals surface area contributed by atoms with E-state index in [4.69, 9.17) is 0 Å². The minimum Gasteiger partial charge on any atom is -0.369 e. The number of rotatable bonds is 3. The Labute approximate surface area is 113 Å². The van der Waals surface area contributed by atoms with Crippen LogP contribution in [0.25, 0.3) is 0 Å². The molecule has 0 radical (unpaired) electrons. The number of hydrogen-bond acceptors (Lipinski definition) is 2. The average molecular weight is 264 g/mol. The fourth-order valence-corrected chi connectivity index (χ4v) is 2.35. The summed E-state index contributed by atoms with van der Waals surface area (Å²) in [5.74, 6) is -0.0995. The van der Waals surface area contributed by atoms with Gasteiger partial charge in [-0.2, -0.15) is 0 Å². The van der Waals surface area contributed by atoms with E-state index in [1.807, 2.05) is 13.8 Å². The van der Waals surface area contributed by atoms with Gasteiger partial charge in [-0.3, -0.25) is 4.79 Å². The highest BCUT2D eigenvalue weighted by atomic mass is 19.1. The minimum atomic E-state index is -0.217. The van der Waals surface area contributed by atoms with Crippen LogP contribution in [0.4, 0.5) is 10.1 Å². The van der Waals surface area contributed by atoms with Crippen LogP contribution >= 0.6 is 0 Å². The highest BCUT2D eigenvalue weighted by Gasteiger charge is 2.22. The summed E-state index contributed by atoms with van der Waals surface area (Å²) in [6.07, 6.45) is 2.05. The Morgan fingerprint density at radius 2 is 2.05 bits per heavy atom.